The maximum atomic E-state index is 12.4. The molecule has 0 spiro atoms. The van der Waals surface area contributed by atoms with E-state index in [-0.39, 0.29) is 31.2 Å². The minimum Gasteiger partial charge on any atom is -0.435 e. The van der Waals surface area contributed by atoms with Crippen LogP contribution in [-0.4, -0.2) is 42.8 Å². The first kappa shape index (κ1) is 23.2. The van der Waals surface area contributed by atoms with Gasteiger partial charge >= 0.3 is 12.6 Å². The number of amidine groups is 1. The van der Waals surface area contributed by atoms with Crippen LogP contribution >= 0.6 is 11.6 Å². The lowest BCUT2D eigenvalue weighted by Gasteiger charge is -2.19. The van der Waals surface area contributed by atoms with E-state index in [1.165, 1.54) is 12.1 Å². The maximum absolute atomic E-state index is 12.4. The van der Waals surface area contributed by atoms with E-state index in [9.17, 15) is 13.6 Å². The molecule has 0 aliphatic heterocycles. The second kappa shape index (κ2) is 11.8. The molecule has 0 bridgehead atoms. The molecule has 0 radical (unpaired) electrons. The van der Waals surface area contributed by atoms with Gasteiger partial charge in [0.2, 0.25) is 0 Å². The average molecular weight is 443 g/mol. The molecule has 0 saturated heterocycles. The van der Waals surface area contributed by atoms with Crippen molar-refractivity contribution in [2.24, 2.45) is 10.9 Å². The molecule has 30 heavy (non-hydrogen) atoms. The summed E-state index contributed by atoms with van der Waals surface area (Å²) >= 11 is 5.82. The Hall–Kier alpha value is -3.11. The van der Waals surface area contributed by atoms with Gasteiger partial charge in [0.05, 0.1) is 12.6 Å². The van der Waals surface area contributed by atoms with Crippen molar-refractivity contribution in [2.75, 3.05) is 18.5 Å². The summed E-state index contributed by atoms with van der Waals surface area (Å²) in [6, 6.07) is 11.0. The number of oxime groups is 1. The van der Waals surface area contributed by atoms with E-state index in [2.05, 4.69) is 20.5 Å². The van der Waals surface area contributed by atoms with Crippen LogP contribution in [0, 0.1) is 0 Å². The number of hydrogen-bond donors (Lipinski definition) is 4. The number of benzene rings is 2. The van der Waals surface area contributed by atoms with Crippen molar-refractivity contribution < 1.29 is 28.3 Å². The number of nitrogens with two attached hydrogens (primary N) is 1. The van der Waals surface area contributed by atoms with E-state index in [1.54, 1.807) is 36.4 Å². The second-order valence-corrected chi connectivity index (χ2v) is 6.39. The van der Waals surface area contributed by atoms with Crippen LogP contribution in [0.15, 0.2) is 53.7 Å². The number of hydrogen-bond acceptors (Lipinski definition) is 5. The lowest BCUT2D eigenvalue weighted by Crippen LogP contribution is -2.47. The third kappa shape index (κ3) is 8.10. The Bertz CT molecular complexity index is 835. The first-order valence-electron chi connectivity index (χ1n) is 8.80. The monoisotopic (exact) mass is 442 g/mol. The number of nitrogens with zero attached hydrogens (tertiary/aromatic N) is 1. The third-order valence-corrected chi connectivity index (χ3v) is 3.96. The van der Waals surface area contributed by atoms with Gasteiger partial charge < -0.3 is 31.0 Å². The van der Waals surface area contributed by atoms with Crippen molar-refractivity contribution in [2.45, 2.75) is 19.1 Å². The Balaban J connectivity index is 2.08. The smallest absolute Gasteiger partial charge is 0.387 e. The van der Waals surface area contributed by atoms with Gasteiger partial charge in [0.15, 0.2) is 5.84 Å². The Labute approximate surface area is 176 Å². The molecule has 0 saturated carbocycles. The summed E-state index contributed by atoms with van der Waals surface area (Å²) in [5, 5.41) is 18.3. The molecule has 0 aliphatic carbocycles. The molecule has 2 rings (SSSR count). The highest BCUT2D eigenvalue weighted by Crippen LogP contribution is 2.16. The highest BCUT2D eigenvalue weighted by atomic mass is 35.5. The summed E-state index contributed by atoms with van der Waals surface area (Å²) in [6.45, 7) is -3.24. The van der Waals surface area contributed by atoms with E-state index < -0.39 is 18.7 Å². The number of alkyl halides is 2. The first-order chi connectivity index (χ1) is 14.4. The molecule has 1 atom stereocenters. The topological polar surface area (TPSA) is 118 Å². The predicted molar refractivity (Wildman–Crippen MR) is 109 cm³/mol. The molecule has 8 nitrogen and oxygen atoms in total. The highest BCUT2D eigenvalue weighted by Gasteiger charge is 2.18. The standard InChI is InChI=1S/C19H21ClF2N4O4/c20-13-3-5-14(6-4-13)24-19(28)25-16(17(23)26-29-10-9-27)11-12-1-7-15(8-2-12)30-18(21)22/h1-8,16,18,27H,9-11H2,(H2,23,26)(H2,24,25,28)/t16-/m0/s1. The zero-order chi connectivity index (χ0) is 21.9. The lowest BCUT2D eigenvalue weighted by atomic mass is 10.1. The first-order valence-corrected chi connectivity index (χ1v) is 9.18. The van der Waals surface area contributed by atoms with Gasteiger partial charge in [-0.2, -0.15) is 8.78 Å². The number of anilines is 1. The van der Waals surface area contributed by atoms with Crippen molar-refractivity contribution in [3.05, 3.63) is 59.1 Å². The number of carbonyl (C=O) groups excluding carboxylic acids is 1. The van der Waals surface area contributed by atoms with E-state index in [1.807, 2.05) is 0 Å². The molecule has 2 aromatic rings. The van der Waals surface area contributed by atoms with Crippen molar-refractivity contribution in [1.82, 2.24) is 5.32 Å². The zero-order valence-corrected chi connectivity index (χ0v) is 16.5. The van der Waals surface area contributed by atoms with E-state index in [4.69, 9.17) is 27.3 Å². The van der Waals surface area contributed by atoms with E-state index in [0.717, 1.165) is 0 Å². The Morgan fingerprint density at radius 1 is 1.17 bits per heavy atom. The van der Waals surface area contributed by atoms with Crippen LogP contribution in [-0.2, 0) is 11.3 Å². The number of halogens is 3. The van der Waals surface area contributed by atoms with Crippen molar-refractivity contribution in [3.8, 4) is 5.75 Å². The molecule has 2 aromatic carbocycles. The summed E-state index contributed by atoms with van der Waals surface area (Å²) in [7, 11) is 0. The molecular formula is C19H21ClF2N4O4. The number of amides is 2. The van der Waals surface area contributed by atoms with Gasteiger partial charge in [0.1, 0.15) is 12.4 Å². The quantitative estimate of drug-likeness (QED) is 0.195. The van der Waals surface area contributed by atoms with Crippen LogP contribution in [0.25, 0.3) is 0 Å². The molecule has 0 fully saturated rings. The number of aliphatic hydroxyl groups is 1. The molecule has 0 heterocycles. The fraction of sp³-hybridized carbons (Fsp3) is 0.263. The fourth-order valence-corrected chi connectivity index (χ4v) is 2.48. The summed E-state index contributed by atoms with van der Waals surface area (Å²) < 4.78 is 28.9. The average Bonchev–Trinajstić information content (AvgIpc) is 2.70. The number of carbonyl (C=O) groups is 1. The second-order valence-electron chi connectivity index (χ2n) is 5.96. The number of urea groups is 1. The van der Waals surface area contributed by atoms with Gasteiger partial charge in [-0.25, -0.2) is 4.79 Å². The molecule has 0 aliphatic rings. The molecular weight excluding hydrogens is 422 g/mol. The van der Waals surface area contributed by atoms with E-state index >= 15 is 0 Å². The largest absolute Gasteiger partial charge is 0.435 e. The highest BCUT2D eigenvalue weighted by molar-refractivity contribution is 6.30. The van der Waals surface area contributed by atoms with Crippen LogP contribution < -0.4 is 21.1 Å². The molecule has 162 valence electrons. The number of rotatable bonds is 10. The van der Waals surface area contributed by atoms with E-state index in [0.29, 0.717) is 16.3 Å². The van der Waals surface area contributed by atoms with Crippen molar-refractivity contribution >= 4 is 29.2 Å². The summed E-state index contributed by atoms with van der Waals surface area (Å²) in [4.78, 5) is 17.2. The van der Waals surface area contributed by atoms with Crippen LogP contribution in [0.2, 0.25) is 5.02 Å². The Morgan fingerprint density at radius 2 is 1.83 bits per heavy atom. The van der Waals surface area contributed by atoms with Crippen LogP contribution in [0.1, 0.15) is 5.56 Å². The molecule has 0 aromatic heterocycles. The summed E-state index contributed by atoms with van der Waals surface area (Å²) in [6.07, 6.45) is 0.195. The minimum absolute atomic E-state index is 0.00617. The maximum Gasteiger partial charge on any atom is 0.387 e. The summed E-state index contributed by atoms with van der Waals surface area (Å²) in [5.74, 6) is -0.0331. The van der Waals surface area contributed by atoms with Gasteiger partial charge in [0, 0.05) is 17.1 Å². The van der Waals surface area contributed by atoms with Gasteiger partial charge in [-0.3, -0.25) is 0 Å². The number of nitrogens with one attached hydrogen (secondary N) is 2. The SMILES string of the molecule is N/C(=N\OCCO)[C@H](Cc1ccc(OC(F)F)cc1)NC(=O)Nc1ccc(Cl)cc1. The molecule has 0 unspecified atom stereocenters. The number of aliphatic hydroxyl groups excluding tert-OH is 1. The van der Waals surface area contributed by atoms with Gasteiger partial charge in [-0.05, 0) is 42.0 Å². The molecule has 2 amide bonds. The predicted octanol–water partition coefficient (Wildman–Crippen LogP) is 2.96. The number of ether oxygens (including phenoxy) is 1. The van der Waals surface area contributed by atoms with Crippen LogP contribution in [0.3, 0.4) is 0 Å². The summed E-state index contributed by atoms with van der Waals surface area (Å²) in [5.41, 5.74) is 7.11. The Morgan fingerprint density at radius 3 is 2.43 bits per heavy atom. The van der Waals surface area contributed by atoms with Gasteiger partial charge in [-0.15, -0.1) is 0 Å². The minimum atomic E-state index is -2.92. The fourth-order valence-electron chi connectivity index (χ4n) is 2.36. The van der Waals surface area contributed by atoms with Crippen LogP contribution in [0.4, 0.5) is 19.3 Å². The molecule has 5 N–H and O–H groups in total. The van der Waals surface area contributed by atoms with Crippen molar-refractivity contribution in [1.29, 1.82) is 0 Å². The normalized spacial score (nSPS) is 12.4. The van der Waals surface area contributed by atoms with Crippen LogP contribution in [0.5, 0.6) is 5.75 Å². The van der Waals surface area contributed by atoms with Crippen molar-refractivity contribution in [3.63, 3.8) is 0 Å². The van der Waals surface area contributed by atoms with Gasteiger partial charge in [-0.1, -0.05) is 28.9 Å². The lowest BCUT2D eigenvalue weighted by molar-refractivity contribution is -0.0498. The zero-order valence-electron chi connectivity index (χ0n) is 15.7. The molecule has 11 heteroatoms. The van der Waals surface area contributed by atoms with Gasteiger partial charge in [0.25, 0.3) is 0 Å². The third-order valence-electron chi connectivity index (χ3n) is 3.71. The Kier molecular flexibility index (Phi) is 9.10.